The Labute approximate surface area is 385 Å². The van der Waals surface area contributed by atoms with Crippen LogP contribution in [0.15, 0.2) is 81.6 Å². The maximum Gasteiger partial charge on any atom is 0.231 e. The van der Waals surface area contributed by atoms with Crippen LogP contribution in [0.3, 0.4) is 0 Å². The standard InChI is InChI=1S/C52H50N4O4.2Zn/c1-49(2,3)28-21-30-36-17-15-25-13-14-26-16-18-37(54-40(26)39(25)53-36)31-22-29(50(4,5)6)24-33(44(31)58)48-56-42-38-27(20-35(46(42)60-48)52(10,11)12)19-34(51(7,8)9)45-41(38)55-47(59-45)32(23-28)43(30)57;;/h13-24,57-58H,1-12H3;;. The second-order valence-electron chi connectivity index (χ2n) is 20.8. The predicted molar refractivity (Wildman–Crippen MR) is 247 cm³/mol. The van der Waals surface area contributed by atoms with E-state index in [1.54, 1.807) is 0 Å². The normalized spacial score (nSPS) is 13.0. The molecule has 5 aromatic heterocycles. The molecule has 0 spiro atoms. The van der Waals surface area contributed by atoms with Crippen LogP contribution in [0.4, 0.5) is 0 Å². The van der Waals surface area contributed by atoms with E-state index in [-0.39, 0.29) is 72.1 Å². The van der Waals surface area contributed by atoms with Crippen molar-refractivity contribution in [2.45, 2.75) is 105 Å². The second-order valence-corrected chi connectivity index (χ2v) is 20.8. The minimum atomic E-state index is -0.330. The van der Waals surface area contributed by atoms with E-state index in [4.69, 9.17) is 28.8 Å². The minimum Gasteiger partial charge on any atom is -0.506 e. The Bertz CT molecular complexity index is 3330. The van der Waals surface area contributed by atoms with Crippen LogP contribution < -0.4 is 0 Å². The van der Waals surface area contributed by atoms with E-state index in [2.05, 4.69) is 95.2 Å². The molecule has 2 N–H and O–H groups in total. The molecule has 10 aromatic rings. The van der Waals surface area contributed by atoms with Crippen molar-refractivity contribution in [1.82, 2.24) is 19.9 Å². The van der Waals surface area contributed by atoms with Gasteiger partial charge in [0.2, 0.25) is 11.4 Å². The average molecular weight is 926 g/mol. The summed E-state index contributed by atoms with van der Waals surface area (Å²) in [5, 5.41) is 30.4. The van der Waals surface area contributed by atoms with Crippen molar-refractivity contribution in [3.05, 3.63) is 95.1 Å². The first-order valence-electron chi connectivity index (χ1n) is 20.7. The minimum absolute atomic E-state index is 0. The number of benzene rings is 5. The topological polar surface area (TPSA) is 118 Å². The van der Waals surface area contributed by atoms with E-state index in [0.717, 1.165) is 43.8 Å². The molecular formula is C52H50N4O4Zn2. The maximum atomic E-state index is 12.4. The molecule has 0 atom stereocenters. The van der Waals surface area contributed by atoms with Crippen molar-refractivity contribution in [3.63, 3.8) is 0 Å². The fourth-order valence-corrected chi connectivity index (χ4v) is 8.62. The van der Waals surface area contributed by atoms with Crippen molar-refractivity contribution in [1.29, 1.82) is 0 Å². The van der Waals surface area contributed by atoms with Gasteiger partial charge in [-0.25, -0.2) is 19.9 Å². The molecule has 12 bridgehead atoms. The summed E-state index contributed by atoms with van der Waals surface area (Å²) < 4.78 is 13.8. The van der Waals surface area contributed by atoms with Crippen LogP contribution in [0.25, 0.3) is 98.8 Å². The number of aromatic nitrogens is 4. The molecule has 0 saturated carbocycles. The number of phenolic OH excluding ortho intramolecular Hbond substituents is 2. The van der Waals surface area contributed by atoms with E-state index >= 15 is 0 Å². The zero-order valence-corrected chi connectivity index (χ0v) is 43.8. The van der Waals surface area contributed by atoms with Crippen LogP contribution in [0.5, 0.6) is 11.5 Å². The molecule has 0 aliphatic rings. The molecule has 5 aromatic carbocycles. The molecule has 8 nitrogen and oxygen atoms in total. The average Bonchev–Trinajstić information content (AvgIpc) is 3.80. The molecule has 5 heterocycles. The van der Waals surface area contributed by atoms with Crippen LogP contribution in [-0.4, -0.2) is 30.1 Å². The fraction of sp³-hybridized carbons (Fsp3) is 0.308. The van der Waals surface area contributed by atoms with Gasteiger partial charge in [-0.3, -0.25) is 0 Å². The smallest absolute Gasteiger partial charge is 0.231 e. The van der Waals surface area contributed by atoms with Crippen LogP contribution in [0, 0.1) is 0 Å². The molecule has 0 saturated heterocycles. The molecule has 0 aliphatic carbocycles. The number of fused-ring (bicyclic) bond motifs is 12. The van der Waals surface area contributed by atoms with Crippen LogP contribution in [-0.2, 0) is 60.6 Å². The number of oxazole rings is 2. The first-order chi connectivity index (χ1) is 28.1. The molecule has 0 amide bonds. The van der Waals surface area contributed by atoms with Crippen LogP contribution in [0.2, 0.25) is 0 Å². The number of nitrogens with zero attached hydrogens (tertiary/aromatic N) is 4. The summed E-state index contributed by atoms with van der Waals surface area (Å²) in [5.41, 5.74) is 8.29. The van der Waals surface area contributed by atoms with Gasteiger partial charge in [-0.05, 0) is 86.7 Å². The Balaban J connectivity index is 0.00000264. The number of pyridine rings is 2. The largest absolute Gasteiger partial charge is 0.506 e. The molecule has 10 rings (SSSR count). The third-order valence-corrected chi connectivity index (χ3v) is 12.2. The van der Waals surface area contributed by atoms with Gasteiger partial charge < -0.3 is 19.0 Å². The molecule has 0 unspecified atom stereocenters. The van der Waals surface area contributed by atoms with Gasteiger partial charge in [0.05, 0.1) is 32.8 Å². The van der Waals surface area contributed by atoms with Crippen molar-refractivity contribution in [2.24, 2.45) is 0 Å². The molecule has 10 heteroatoms. The molecular weight excluding hydrogens is 875 g/mol. The summed E-state index contributed by atoms with van der Waals surface area (Å²) in [6.45, 7) is 25.9. The van der Waals surface area contributed by atoms with Gasteiger partial charge >= 0.3 is 0 Å². The first kappa shape index (κ1) is 43.6. The summed E-state index contributed by atoms with van der Waals surface area (Å²) in [6, 6.07) is 24.4. The summed E-state index contributed by atoms with van der Waals surface area (Å²) in [7, 11) is 0. The first-order valence-corrected chi connectivity index (χ1v) is 20.7. The maximum absolute atomic E-state index is 12.4. The number of phenols is 2. The number of rotatable bonds is 0. The summed E-state index contributed by atoms with van der Waals surface area (Å²) >= 11 is 0. The third-order valence-electron chi connectivity index (χ3n) is 12.2. The third kappa shape index (κ3) is 6.75. The van der Waals surface area contributed by atoms with E-state index in [1.165, 1.54) is 0 Å². The molecule has 62 heavy (non-hydrogen) atoms. The van der Waals surface area contributed by atoms with Crippen LogP contribution in [0.1, 0.15) is 105 Å². The SMILES string of the molecule is CC(C)(C)c1cc2c(O)c(c1)c1nc3c(o1)c(C(C)(C)C)cc1cc(C(C)(C)C)c4oc(nc4c13)c1cc(C(C)(C)C)cc(c1O)c1ccc3ccc4ccc2nc4c3n1.[Zn].[Zn]. The zero-order chi connectivity index (χ0) is 42.6. The number of hydrogen-bond donors (Lipinski definition) is 2. The predicted octanol–water partition coefficient (Wildman–Crippen LogP) is 14.0. The van der Waals surface area contributed by atoms with Gasteiger partial charge in [-0.1, -0.05) is 107 Å². The molecule has 0 fully saturated rings. The fourth-order valence-electron chi connectivity index (χ4n) is 8.62. The Hall–Kier alpha value is -5.03. The van der Waals surface area contributed by atoms with E-state index in [0.29, 0.717) is 77.2 Å². The Morgan fingerprint density at radius 1 is 0.403 bits per heavy atom. The van der Waals surface area contributed by atoms with E-state index in [9.17, 15) is 10.2 Å². The van der Waals surface area contributed by atoms with Gasteiger partial charge in [0, 0.05) is 77.0 Å². The van der Waals surface area contributed by atoms with Crippen molar-refractivity contribution in [3.8, 4) is 11.5 Å². The number of aromatic hydroxyl groups is 2. The second kappa shape index (κ2) is 14.2. The van der Waals surface area contributed by atoms with Crippen molar-refractivity contribution in [2.75, 3.05) is 0 Å². The monoisotopic (exact) mass is 922 g/mol. The van der Waals surface area contributed by atoms with Gasteiger partial charge in [-0.2, -0.15) is 0 Å². The van der Waals surface area contributed by atoms with E-state index in [1.807, 2.05) is 60.7 Å². The summed E-state index contributed by atoms with van der Waals surface area (Å²) in [4.78, 5) is 21.1. The Kier molecular flexibility index (Phi) is 10.0. The van der Waals surface area contributed by atoms with E-state index < -0.39 is 0 Å². The van der Waals surface area contributed by atoms with Gasteiger partial charge in [0.1, 0.15) is 22.5 Å². The Morgan fingerprint density at radius 2 is 0.758 bits per heavy atom. The summed E-state index contributed by atoms with van der Waals surface area (Å²) in [5.74, 6) is 0.0451. The Morgan fingerprint density at radius 3 is 1.11 bits per heavy atom. The van der Waals surface area contributed by atoms with Crippen LogP contribution >= 0.6 is 0 Å². The number of hydrogen-bond acceptors (Lipinski definition) is 8. The van der Waals surface area contributed by atoms with Gasteiger partial charge in [0.25, 0.3) is 0 Å². The summed E-state index contributed by atoms with van der Waals surface area (Å²) in [6.07, 6.45) is 0. The van der Waals surface area contributed by atoms with Gasteiger partial charge in [-0.15, -0.1) is 0 Å². The van der Waals surface area contributed by atoms with Crippen molar-refractivity contribution < 1.29 is 58.0 Å². The molecule has 306 valence electrons. The molecule has 0 aliphatic heterocycles. The quantitative estimate of drug-likeness (QED) is 0.114. The van der Waals surface area contributed by atoms with Gasteiger partial charge in [0.15, 0.2) is 11.2 Å². The molecule has 0 radical (unpaired) electrons. The zero-order valence-electron chi connectivity index (χ0n) is 37.8. The van der Waals surface area contributed by atoms with Crippen molar-refractivity contribution >= 4 is 98.8 Å².